The summed E-state index contributed by atoms with van der Waals surface area (Å²) in [7, 11) is 1.51. The minimum Gasteiger partial charge on any atom is -0.468 e. The number of hydrogen-bond acceptors (Lipinski definition) is 5. The molecule has 4 rings (SSSR count). The molecule has 0 fully saturated rings. The molecule has 0 radical (unpaired) electrons. The second-order valence-corrected chi connectivity index (χ2v) is 5.89. The van der Waals surface area contributed by atoms with Crippen LogP contribution in [0.1, 0.15) is 5.56 Å². The predicted molar refractivity (Wildman–Crippen MR) is 97.9 cm³/mol. The molecule has 0 aliphatic rings. The molecule has 0 amide bonds. The Hall–Kier alpha value is -3.62. The van der Waals surface area contributed by atoms with Gasteiger partial charge < -0.3 is 10.1 Å². The van der Waals surface area contributed by atoms with Crippen molar-refractivity contribution in [3.63, 3.8) is 0 Å². The molecule has 0 atom stereocenters. The molecule has 142 valence electrons. The first kappa shape index (κ1) is 17.8. The smallest absolute Gasteiger partial charge is 0.416 e. The van der Waals surface area contributed by atoms with Crippen molar-refractivity contribution in [2.75, 3.05) is 12.4 Å². The number of hydrogen-bond donors (Lipinski definition) is 1. The number of fused-ring (bicyclic) bond motifs is 1. The van der Waals surface area contributed by atoms with Gasteiger partial charge in [-0.05, 0) is 36.4 Å². The number of anilines is 2. The van der Waals surface area contributed by atoms with E-state index < -0.39 is 11.7 Å². The van der Waals surface area contributed by atoms with Crippen LogP contribution in [0, 0.1) is 0 Å². The number of imidazole rings is 1. The number of nitrogens with one attached hydrogen (secondary N) is 1. The van der Waals surface area contributed by atoms with Gasteiger partial charge in [-0.2, -0.15) is 18.2 Å². The van der Waals surface area contributed by atoms with Crippen LogP contribution in [0.3, 0.4) is 0 Å². The Morgan fingerprint density at radius 2 is 1.71 bits per heavy atom. The van der Waals surface area contributed by atoms with Crippen LogP contribution >= 0.6 is 0 Å². The van der Waals surface area contributed by atoms with E-state index in [1.807, 2.05) is 24.3 Å². The van der Waals surface area contributed by atoms with Crippen LogP contribution in [0.2, 0.25) is 0 Å². The van der Waals surface area contributed by atoms with Crippen molar-refractivity contribution in [2.45, 2.75) is 6.18 Å². The number of alkyl halides is 3. The molecule has 1 N–H and O–H groups in total. The third kappa shape index (κ3) is 3.34. The molecule has 2 heterocycles. The summed E-state index contributed by atoms with van der Waals surface area (Å²) >= 11 is 0. The van der Waals surface area contributed by atoms with Gasteiger partial charge in [-0.15, -0.1) is 0 Å². The Morgan fingerprint density at radius 1 is 0.964 bits per heavy atom. The maximum absolute atomic E-state index is 12.7. The fourth-order valence-electron chi connectivity index (χ4n) is 2.78. The van der Waals surface area contributed by atoms with Crippen LogP contribution in [0.25, 0.3) is 16.9 Å². The minimum atomic E-state index is -4.38. The quantitative estimate of drug-likeness (QED) is 0.557. The number of aromatic nitrogens is 4. The fourth-order valence-corrected chi connectivity index (χ4v) is 2.78. The zero-order valence-corrected chi connectivity index (χ0v) is 14.6. The first-order valence-corrected chi connectivity index (χ1v) is 8.24. The second-order valence-electron chi connectivity index (χ2n) is 5.89. The number of nitrogens with zero attached hydrogens (tertiary/aromatic N) is 4. The molecule has 9 heteroatoms. The van der Waals surface area contributed by atoms with Crippen LogP contribution in [-0.4, -0.2) is 26.6 Å². The van der Waals surface area contributed by atoms with Crippen molar-refractivity contribution in [2.24, 2.45) is 0 Å². The Labute approximate surface area is 157 Å². The van der Waals surface area contributed by atoms with Gasteiger partial charge in [0, 0.05) is 5.69 Å². The Kier molecular flexibility index (Phi) is 4.34. The lowest BCUT2D eigenvalue weighted by Gasteiger charge is -2.11. The van der Waals surface area contributed by atoms with E-state index >= 15 is 0 Å². The molecule has 4 aromatic rings. The summed E-state index contributed by atoms with van der Waals surface area (Å²) in [4.78, 5) is 13.1. The molecule has 2 aromatic carbocycles. The number of ether oxygens (including phenoxy) is 1. The lowest BCUT2D eigenvalue weighted by Crippen LogP contribution is -2.05. The van der Waals surface area contributed by atoms with Gasteiger partial charge in [-0.25, -0.2) is 9.55 Å². The van der Waals surface area contributed by atoms with Crippen molar-refractivity contribution in [3.05, 3.63) is 66.5 Å². The summed E-state index contributed by atoms with van der Waals surface area (Å²) in [6, 6.07) is 12.5. The molecule has 0 bridgehead atoms. The van der Waals surface area contributed by atoms with E-state index in [1.165, 1.54) is 25.4 Å². The molecule has 2 aromatic heterocycles. The monoisotopic (exact) mass is 385 g/mol. The number of benzene rings is 2. The number of methoxy groups -OCH3 is 1. The standard InChI is InChI=1S/C19H14F3N5O/c1-28-18-25-14-4-2-3-5-15(14)27(18)17-11-23-10-16(26-17)24-13-8-6-12(7-9-13)19(20,21)22/h2-11H,1H3,(H,24,26). The Morgan fingerprint density at radius 3 is 2.43 bits per heavy atom. The molecule has 0 spiro atoms. The average molecular weight is 385 g/mol. The van der Waals surface area contributed by atoms with E-state index in [9.17, 15) is 13.2 Å². The lowest BCUT2D eigenvalue weighted by atomic mass is 10.2. The third-order valence-electron chi connectivity index (χ3n) is 4.05. The molecule has 6 nitrogen and oxygen atoms in total. The van der Waals surface area contributed by atoms with Gasteiger partial charge in [-0.1, -0.05) is 12.1 Å². The molecule has 0 unspecified atom stereocenters. The molecule has 0 aliphatic heterocycles. The molecule has 0 aliphatic carbocycles. The summed E-state index contributed by atoms with van der Waals surface area (Å²) in [5, 5.41) is 2.95. The highest BCUT2D eigenvalue weighted by molar-refractivity contribution is 5.78. The highest BCUT2D eigenvalue weighted by atomic mass is 19.4. The Balaban J connectivity index is 1.68. The van der Waals surface area contributed by atoms with Crippen molar-refractivity contribution < 1.29 is 17.9 Å². The largest absolute Gasteiger partial charge is 0.468 e. The molecular weight excluding hydrogens is 371 g/mol. The van der Waals surface area contributed by atoms with Crippen molar-refractivity contribution in [1.29, 1.82) is 0 Å². The summed E-state index contributed by atoms with van der Waals surface area (Å²) in [6.45, 7) is 0. The van der Waals surface area contributed by atoms with E-state index in [4.69, 9.17) is 4.74 Å². The van der Waals surface area contributed by atoms with Gasteiger partial charge in [-0.3, -0.25) is 4.98 Å². The van der Waals surface area contributed by atoms with Crippen molar-refractivity contribution in [3.8, 4) is 11.8 Å². The van der Waals surface area contributed by atoms with E-state index in [2.05, 4.69) is 20.3 Å². The predicted octanol–water partition coefficient (Wildman–Crippen LogP) is 4.59. The van der Waals surface area contributed by atoms with Gasteiger partial charge in [0.25, 0.3) is 0 Å². The zero-order chi connectivity index (χ0) is 19.7. The molecule has 0 saturated heterocycles. The first-order chi connectivity index (χ1) is 13.5. The maximum atomic E-state index is 12.7. The van der Waals surface area contributed by atoms with E-state index in [-0.39, 0.29) is 0 Å². The van der Waals surface area contributed by atoms with Crippen LogP contribution in [0.4, 0.5) is 24.7 Å². The Bertz CT molecular complexity index is 1120. The average Bonchev–Trinajstić information content (AvgIpc) is 3.06. The summed E-state index contributed by atoms with van der Waals surface area (Å²) < 4.78 is 45.1. The number of rotatable bonds is 4. The maximum Gasteiger partial charge on any atom is 0.416 e. The third-order valence-corrected chi connectivity index (χ3v) is 4.05. The molecule has 0 saturated carbocycles. The van der Waals surface area contributed by atoms with Crippen molar-refractivity contribution in [1.82, 2.24) is 19.5 Å². The fraction of sp³-hybridized carbons (Fsp3) is 0.105. The topological polar surface area (TPSA) is 64.9 Å². The first-order valence-electron chi connectivity index (χ1n) is 8.24. The van der Waals surface area contributed by atoms with E-state index in [0.717, 1.165) is 23.2 Å². The molecule has 28 heavy (non-hydrogen) atoms. The van der Waals surface area contributed by atoms with Gasteiger partial charge in [0.2, 0.25) is 0 Å². The van der Waals surface area contributed by atoms with Gasteiger partial charge >= 0.3 is 12.2 Å². The van der Waals surface area contributed by atoms with Crippen molar-refractivity contribution >= 4 is 22.5 Å². The SMILES string of the molecule is COc1nc2ccccc2n1-c1cncc(Nc2ccc(C(F)(F)F)cc2)n1. The van der Waals surface area contributed by atoms with Gasteiger partial charge in [0.05, 0.1) is 36.1 Å². The number of halogens is 3. The summed E-state index contributed by atoms with van der Waals surface area (Å²) in [6.07, 6.45) is -1.35. The summed E-state index contributed by atoms with van der Waals surface area (Å²) in [5.74, 6) is 0.833. The highest BCUT2D eigenvalue weighted by Crippen LogP contribution is 2.30. The van der Waals surface area contributed by atoms with Gasteiger partial charge in [0.1, 0.15) is 0 Å². The van der Waals surface area contributed by atoms with E-state index in [1.54, 1.807) is 10.8 Å². The molecular formula is C19H14F3N5O. The number of para-hydroxylation sites is 2. The lowest BCUT2D eigenvalue weighted by molar-refractivity contribution is -0.137. The normalized spacial score (nSPS) is 11.6. The minimum absolute atomic E-state index is 0.349. The van der Waals surface area contributed by atoms with Gasteiger partial charge in [0.15, 0.2) is 11.6 Å². The highest BCUT2D eigenvalue weighted by Gasteiger charge is 2.29. The zero-order valence-electron chi connectivity index (χ0n) is 14.6. The van der Waals surface area contributed by atoms with Crippen LogP contribution < -0.4 is 10.1 Å². The van der Waals surface area contributed by atoms with Crippen LogP contribution in [0.15, 0.2) is 60.9 Å². The second kappa shape index (κ2) is 6.84. The van der Waals surface area contributed by atoms with Crippen LogP contribution in [-0.2, 0) is 6.18 Å². The summed E-state index contributed by atoms with van der Waals surface area (Å²) in [5.41, 5.74) is 1.27. The van der Waals surface area contributed by atoms with E-state index in [0.29, 0.717) is 23.3 Å². The van der Waals surface area contributed by atoms with Crippen LogP contribution in [0.5, 0.6) is 6.01 Å².